The van der Waals surface area contributed by atoms with Crippen molar-refractivity contribution in [3.8, 4) is 0 Å². The topological polar surface area (TPSA) is 0 Å². The molecule has 0 amide bonds. The van der Waals surface area contributed by atoms with Gasteiger partial charge in [-0.1, -0.05) is 64.5 Å². The van der Waals surface area contributed by atoms with Crippen LogP contribution in [0.3, 0.4) is 0 Å². The summed E-state index contributed by atoms with van der Waals surface area (Å²) in [6.07, 6.45) is 0. The Labute approximate surface area is 132 Å². The van der Waals surface area contributed by atoms with E-state index in [1.165, 1.54) is 21.9 Å². The Morgan fingerprint density at radius 1 is 0.905 bits per heavy atom. The van der Waals surface area contributed by atoms with E-state index < -0.39 is 0 Å². The molecule has 0 aliphatic heterocycles. The zero-order valence-corrected chi connectivity index (χ0v) is 13.6. The van der Waals surface area contributed by atoms with Gasteiger partial charge in [-0.05, 0) is 52.9 Å². The zero-order chi connectivity index (χ0) is 15.0. The van der Waals surface area contributed by atoms with Gasteiger partial charge < -0.3 is 0 Å². The number of alkyl halides is 1. The van der Waals surface area contributed by atoms with Crippen molar-refractivity contribution in [2.24, 2.45) is 0 Å². The highest BCUT2D eigenvalue weighted by molar-refractivity contribution is 9.09. The van der Waals surface area contributed by atoms with Crippen LogP contribution in [-0.2, 0) is 0 Å². The van der Waals surface area contributed by atoms with Crippen molar-refractivity contribution in [2.75, 3.05) is 0 Å². The van der Waals surface area contributed by atoms with Crippen molar-refractivity contribution < 1.29 is 4.39 Å². The maximum atomic E-state index is 13.8. The molecule has 1 unspecified atom stereocenters. The SMILES string of the molecule is Cc1ccc(C(Br)c2c(C)ccc3ccccc23)cc1F. The molecule has 0 N–H and O–H groups in total. The van der Waals surface area contributed by atoms with Crippen LogP contribution in [0.5, 0.6) is 0 Å². The molecule has 0 fully saturated rings. The van der Waals surface area contributed by atoms with Gasteiger partial charge in [0.25, 0.3) is 0 Å². The lowest BCUT2D eigenvalue weighted by Crippen LogP contribution is -1.99. The van der Waals surface area contributed by atoms with Crippen molar-refractivity contribution in [3.63, 3.8) is 0 Å². The lowest BCUT2D eigenvalue weighted by Gasteiger charge is -2.17. The third-order valence-corrected chi connectivity index (χ3v) is 4.92. The van der Waals surface area contributed by atoms with Crippen LogP contribution in [0.15, 0.2) is 54.6 Å². The summed E-state index contributed by atoms with van der Waals surface area (Å²) in [5.41, 5.74) is 4.03. The zero-order valence-electron chi connectivity index (χ0n) is 12.0. The fourth-order valence-electron chi connectivity index (χ4n) is 2.67. The van der Waals surface area contributed by atoms with E-state index in [-0.39, 0.29) is 10.6 Å². The molecule has 0 radical (unpaired) electrons. The molecule has 2 heteroatoms. The fraction of sp³-hybridized carbons (Fsp3) is 0.158. The van der Waals surface area contributed by atoms with Crippen LogP contribution in [0.4, 0.5) is 4.39 Å². The molecule has 3 aromatic carbocycles. The van der Waals surface area contributed by atoms with E-state index in [1.807, 2.05) is 24.3 Å². The third kappa shape index (κ3) is 2.60. The molecule has 0 heterocycles. The summed E-state index contributed by atoms with van der Waals surface area (Å²) in [4.78, 5) is -0.0151. The van der Waals surface area contributed by atoms with Gasteiger partial charge in [-0.25, -0.2) is 4.39 Å². The largest absolute Gasteiger partial charge is 0.207 e. The van der Waals surface area contributed by atoms with Gasteiger partial charge in [-0.2, -0.15) is 0 Å². The molecule has 106 valence electrons. The number of rotatable bonds is 2. The number of hydrogen-bond donors (Lipinski definition) is 0. The Balaban J connectivity index is 2.19. The van der Waals surface area contributed by atoms with E-state index in [2.05, 4.69) is 47.1 Å². The first kappa shape index (κ1) is 14.3. The van der Waals surface area contributed by atoms with E-state index >= 15 is 0 Å². The van der Waals surface area contributed by atoms with Crippen LogP contribution in [-0.4, -0.2) is 0 Å². The molecule has 0 aliphatic rings. The molecule has 3 rings (SSSR count). The van der Waals surface area contributed by atoms with Crippen LogP contribution in [0, 0.1) is 19.7 Å². The minimum atomic E-state index is -0.158. The van der Waals surface area contributed by atoms with Gasteiger partial charge in [0.1, 0.15) is 5.82 Å². The van der Waals surface area contributed by atoms with Gasteiger partial charge in [-0.15, -0.1) is 0 Å². The van der Waals surface area contributed by atoms with Crippen molar-refractivity contribution in [1.29, 1.82) is 0 Å². The van der Waals surface area contributed by atoms with E-state index in [1.54, 1.807) is 13.0 Å². The predicted molar refractivity (Wildman–Crippen MR) is 90.6 cm³/mol. The average Bonchev–Trinajstić information content (AvgIpc) is 2.49. The van der Waals surface area contributed by atoms with Crippen LogP contribution >= 0.6 is 15.9 Å². The standard InChI is InChI=1S/C19H16BrF/c1-12-7-10-15(11-17(12)21)19(20)18-13(2)8-9-14-5-3-4-6-16(14)18/h3-11,19H,1-2H3. The summed E-state index contributed by atoms with van der Waals surface area (Å²) in [7, 11) is 0. The molecule has 21 heavy (non-hydrogen) atoms. The summed E-state index contributed by atoms with van der Waals surface area (Å²) in [5.74, 6) is -0.158. The number of fused-ring (bicyclic) bond motifs is 1. The van der Waals surface area contributed by atoms with Crippen LogP contribution in [0.25, 0.3) is 10.8 Å². The van der Waals surface area contributed by atoms with Gasteiger partial charge in [-0.3, -0.25) is 0 Å². The highest BCUT2D eigenvalue weighted by atomic mass is 79.9. The van der Waals surface area contributed by atoms with E-state index in [4.69, 9.17) is 0 Å². The second-order valence-corrected chi connectivity index (χ2v) is 6.30. The lowest BCUT2D eigenvalue weighted by molar-refractivity contribution is 0.616. The summed E-state index contributed by atoms with van der Waals surface area (Å²) < 4.78 is 13.8. The van der Waals surface area contributed by atoms with Crippen LogP contribution in [0.1, 0.15) is 27.1 Å². The molecule has 0 saturated carbocycles. The lowest BCUT2D eigenvalue weighted by atomic mass is 9.94. The van der Waals surface area contributed by atoms with E-state index in [9.17, 15) is 4.39 Å². The maximum Gasteiger partial charge on any atom is 0.126 e. The number of benzene rings is 3. The number of halogens is 2. The molecule has 0 spiro atoms. The van der Waals surface area contributed by atoms with Crippen molar-refractivity contribution in [3.05, 3.63) is 82.7 Å². The molecular weight excluding hydrogens is 327 g/mol. The average molecular weight is 343 g/mol. The molecule has 1 atom stereocenters. The highest BCUT2D eigenvalue weighted by Crippen LogP contribution is 2.37. The van der Waals surface area contributed by atoms with Crippen molar-refractivity contribution in [2.45, 2.75) is 18.7 Å². The van der Waals surface area contributed by atoms with E-state index in [0.717, 1.165) is 5.56 Å². The number of hydrogen-bond acceptors (Lipinski definition) is 0. The number of aryl methyl sites for hydroxylation is 2. The smallest absolute Gasteiger partial charge is 0.126 e. The van der Waals surface area contributed by atoms with Gasteiger partial charge in [0.05, 0.1) is 4.83 Å². The van der Waals surface area contributed by atoms with Gasteiger partial charge in [0.2, 0.25) is 0 Å². The first-order valence-corrected chi connectivity index (χ1v) is 7.88. The highest BCUT2D eigenvalue weighted by Gasteiger charge is 2.16. The van der Waals surface area contributed by atoms with Crippen molar-refractivity contribution >= 4 is 26.7 Å². The van der Waals surface area contributed by atoms with Gasteiger partial charge in [0, 0.05) is 0 Å². The Kier molecular flexibility index (Phi) is 3.81. The second kappa shape index (κ2) is 5.61. The second-order valence-electron chi connectivity index (χ2n) is 5.39. The minimum Gasteiger partial charge on any atom is -0.207 e. The van der Waals surface area contributed by atoms with Gasteiger partial charge >= 0.3 is 0 Å². The monoisotopic (exact) mass is 342 g/mol. The summed E-state index contributed by atoms with van der Waals surface area (Å²) in [6, 6.07) is 18.0. The van der Waals surface area contributed by atoms with Crippen LogP contribution < -0.4 is 0 Å². The van der Waals surface area contributed by atoms with Crippen molar-refractivity contribution in [1.82, 2.24) is 0 Å². The Morgan fingerprint density at radius 2 is 1.62 bits per heavy atom. The summed E-state index contributed by atoms with van der Waals surface area (Å²) >= 11 is 3.76. The van der Waals surface area contributed by atoms with E-state index in [0.29, 0.717) is 5.56 Å². The molecule has 3 aromatic rings. The predicted octanol–water partition coefficient (Wildman–Crippen LogP) is 6.08. The maximum absolute atomic E-state index is 13.8. The summed E-state index contributed by atoms with van der Waals surface area (Å²) in [5, 5.41) is 2.41. The quantitative estimate of drug-likeness (QED) is 0.495. The van der Waals surface area contributed by atoms with Crippen LogP contribution in [0.2, 0.25) is 0 Å². The Morgan fingerprint density at radius 3 is 2.38 bits per heavy atom. The molecule has 0 bridgehead atoms. The van der Waals surface area contributed by atoms with Gasteiger partial charge in [0.15, 0.2) is 0 Å². The Bertz CT molecular complexity index is 808. The molecular formula is C19H16BrF. The molecule has 0 aromatic heterocycles. The molecule has 0 nitrogen and oxygen atoms in total. The normalized spacial score (nSPS) is 12.6. The third-order valence-electron chi connectivity index (χ3n) is 3.93. The minimum absolute atomic E-state index is 0.0151. The summed E-state index contributed by atoms with van der Waals surface area (Å²) in [6.45, 7) is 3.88. The first-order valence-electron chi connectivity index (χ1n) is 6.96. The first-order chi connectivity index (χ1) is 10.1. The molecule has 0 saturated heterocycles. The fourth-order valence-corrected chi connectivity index (χ4v) is 3.57. The Hall–Kier alpha value is -1.67. The molecule has 0 aliphatic carbocycles.